The first-order valence-corrected chi connectivity index (χ1v) is 8.92. The molecule has 0 radical (unpaired) electrons. The van der Waals surface area contributed by atoms with Crippen LogP contribution in [0.25, 0.3) is 0 Å². The van der Waals surface area contributed by atoms with Crippen LogP contribution in [0.5, 0.6) is 0 Å². The van der Waals surface area contributed by atoms with Crippen LogP contribution < -0.4 is 10.2 Å². The highest BCUT2D eigenvalue weighted by molar-refractivity contribution is 5.95. The molecule has 0 bridgehead atoms. The third kappa shape index (κ3) is 5.44. The lowest BCUT2D eigenvalue weighted by Gasteiger charge is -2.31. The second kappa shape index (κ2) is 9.17. The number of rotatable bonds is 8. The lowest BCUT2D eigenvalue weighted by Crippen LogP contribution is -2.33. The molecule has 0 unspecified atom stereocenters. The largest absolute Gasteiger partial charge is 0.481 e. The molecule has 1 aliphatic heterocycles. The number of hydrogen-bond donors (Lipinski definition) is 2. The molecule has 26 heavy (non-hydrogen) atoms. The average molecular weight is 363 g/mol. The first kappa shape index (κ1) is 19.7. The summed E-state index contributed by atoms with van der Waals surface area (Å²) in [5.41, 5.74) is 0.738. The van der Waals surface area contributed by atoms with Crippen molar-refractivity contribution in [2.24, 2.45) is 5.92 Å². The fraction of sp³-hybridized carbons (Fsp3) is 0.556. The van der Waals surface area contributed by atoms with Crippen molar-refractivity contribution < 1.29 is 19.6 Å². The molecule has 1 amide bonds. The number of nitro benzene ring substituents is 1. The van der Waals surface area contributed by atoms with E-state index in [0.717, 1.165) is 25.9 Å². The lowest BCUT2D eigenvalue weighted by molar-refractivity contribution is -0.384. The van der Waals surface area contributed by atoms with Crippen molar-refractivity contribution in [1.82, 2.24) is 5.32 Å². The van der Waals surface area contributed by atoms with Crippen LogP contribution in [-0.2, 0) is 4.79 Å². The summed E-state index contributed by atoms with van der Waals surface area (Å²) in [6.45, 7) is 4.07. The maximum absolute atomic E-state index is 12.2. The van der Waals surface area contributed by atoms with Crippen LogP contribution in [0.2, 0.25) is 0 Å². The number of aliphatic carboxylic acids is 1. The van der Waals surface area contributed by atoms with Gasteiger partial charge in [-0.25, -0.2) is 0 Å². The van der Waals surface area contributed by atoms with Crippen LogP contribution >= 0.6 is 0 Å². The smallest absolute Gasteiger partial charge is 0.303 e. The van der Waals surface area contributed by atoms with Gasteiger partial charge in [-0.3, -0.25) is 19.7 Å². The molecule has 142 valence electrons. The fourth-order valence-corrected chi connectivity index (χ4v) is 3.03. The predicted molar refractivity (Wildman–Crippen MR) is 97.5 cm³/mol. The van der Waals surface area contributed by atoms with Gasteiger partial charge >= 0.3 is 5.97 Å². The van der Waals surface area contributed by atoms with Crippen molar-refractivity contribution in [3.8, 4) is 0 Å². The molecule has 1 aromatic carbocycles. The highest BCUT2D eigenvalue weighted by Crippen LogP contribution is 2.32. The van der Waals surface area contributed by atoms with Crippen LogP contribution in [0.15, 0.2) is 18.2 Å². The highest BCUT2D eigenvalue weighted by Gasteiger charge is 2.24. The summed E-state index contributed by atoms with van der Waals surface area (Å²) in [6.07, 6.45) is 3.07. The number of nitrogens with zero attached hydrogens (tertiary/aromatic N) is 2. The maximum Gasteiger partial charge on any atom is 0.303 e. The number of hydrogen-bond acceptors (Lipinski definition) is 5. The third-order valence-corrected chi connectivity index (χ3v) is 4.66. The van der Waals surface area contributed by atoms with Crippen LogP contribution in [-0.4, -0.2) is 41.5 Å². The minimum absolute atomic E-state index is 0.0573. The van der Waals surface area contributed by atoms with E-state index >= 15 is 0 Å². The van der Waals surface area contributed by atoms with Gasteiger partial charge in [0.25, 0.3) is 11.6 Å². The molecule has 1 fully saturated rings. The molecule has 0 atom stereocenters. The van der Waals surface area contributed by atoms with Crippen molar-refractivity contribution in [3.63, 3.8) is 0 Å². The van der Waals surface area contributed by atoms with Crippen molar-refractivity contribution in [1.29, 1.82) is 0 Å². The lowest BCUT2D eigenvalue weighted by atomic mass is 9.98. The van der Waals surface area contributed by atoms with Crippen LogP contribution in [0.3, 0.4) is 0 Å². The molecule has 1 aliphatic rings. The zero-order valence-corrected chi connectivity index (χ0v) is 14.9. The average Bonchev–Trinajstić information content (AvgIpc) is 2.61. The van der Waals surface area contributed by atoms with E-state index in [1.807, 2.05) is 4.90 Å². The van der Waals surface area contributed by atoms with Gasteiger partial charge in [0.15, 0.2) is 0 Å². The zero-order chi connectivity index (χ0) is 19.1. The minimum atomic E-state index is -0.866. The maximum atomic E-state index is 12.2. The standard InChI is InChI=1S/C18H25N3O5/c1-13-7-10-20(11-8-13)15-6-5-14(12-16(15)21(25)26)18(24)19-9-3-2-4-17(22)23/h5-6,12-13H,2-4,7-11H2,1H3,(H,19,24)(H,22,23). The Kier molecular flexibility index (Phi) is 6.94. The first-order chi connectivity index (χ1) is 12.4. The van der Waals surface area contributed by atoms with Gasteiger partial charge in [0.05, 0.1) is 4.92 Å². The molecular weight excluding hydrogens is 338 g/mol. The Morgan fingerprint density at radius 2 is 2.00 bits per heavy atom. The summed E-state index contributed by atoms with van der Waals surface area (Å²) >= 11 is 0. The second-order valence-corrected chi connectivity index (χ2v) is 6.74. The van der Waals surface area contributed by atoms with Gasteiger partial charge in [-0.1, -0.05) is 6.92 Å². The number of amides is 1. The van der Waals surface area contributed by atoms with E-state index in [1.54, 1.807) is 12.1 Å². The summed E-state index contributed by atoms with van der Waals surface area (Å²) in [4.78, 5) is 35.6. The number of piperidine rings is 1. The van der Waals surface area contributed by atoms with Gasteiger partial charge < -0.3 is 15.3 Å². The first-order valence-electron chi connectivity index (χ1n) is 8.92. The van der Waals surface area contributed by atoms with Gasteiger partial charge in [0, 0.05) is 37.7 Å². The van der Waals surface area contributed by atoms with Crippen LogP contribution in [0, 0.1) is 16.0 Å². The molecule has 0 aliphatic carbocycles. The molecule has 0 saturated carbocycles. The molecule has 2 rings (SSSR count). The Morgan fingerprint density at radius 1 is 1.31 bits per heavy atom. The molecule has 1 saturated heterocycles. The van der Waals surface area contributed by atoms with Crippen LogP contribution in [0.1, 0.15) is 49.4 Å². The van der Waals surface area contributed by atoms with E-state index in [1.165, 1.54) is 6.07 Å². The number of carboxylic acids is 1. The van der Waals surface area contributed by atoms with E-state index < -0.39 is 10.9 Å². The number of carbonyl (C=O) groups excluding carboxylic acids is 1. The fourth-order valence-electron chi connectivity index (χ4n) is 3.03. The zero-order valence-electron chi connectivity index (χ0n) is 14.9. The Morgan fingerprint density at radius 3 is 2.62 bits per heavy atom. The quantitative estimate of drug-likeness (QED) is 0.417. The summed E-state index contributed by atoms with van der Waals surface area (Å²) in [6, 6.07) is 4.57. The predicted octanol–water partition coefficient (Wildman–Crippen LogP) is 2.82. The number of nitro groups is 1. The molecule has 1 aromatic rings. The Labute approximate surface area is 152 Å². The molecule has 0 spiro atoms. The van der Waals surface area contributed by atoms with Crippen molar-refractivity contribution in [2.75, 3.05) is 24.5 Å². The highest BCUT2D eigenvalue weighted by atomic mass is 16.6. The molecule has 1 heterocycles. The Hall–Kier alpha value is -2.64. The van der Waals surface area contributed by atoms with Gasteiger partial charge in [0.1, 0.15) is 5.69 Å². The molecule has 2 N–H and O–H groups in total. The minimum Gasteiger partial charge on any atom is -0.481 e. The number of carboxylic acid groups (broad SMARTS) is 1. The van der Waals surface area contributed by atoms with E-state index in [-0.39, 0.29) is 23.6 Å². The molecule has 0 aromatic heterocycles. The molecule has 8 nitrogen and oxygen atoms in total. The summed E-state index contributed by atoms with van der Waals surface area (Å²) in [5, 5.41) is 22.7. The van der Waals surface area contributed by atoms with E-state index in [9.17, 15) is 19.7 Å². The molecule has 8 heteroatoms. The molecular formula is C18H25N3O5. The summed E-state index contributed by atoms with van der Waals surface area (Å²) in [7, 11) is 0. The van der Waals surface area contributed by atoms with Gasteiger partial charge in [-0.15, -0.1) is 0 Å². The SMILES string of the molecule is CC1CCN(c2ccc(C(=O)NCCCCC(=O)O)cc2[N+](=O)[O-])CC1. The van der Waals surface area contributed by atoms with Crippen molar-refractivity contribution in [3.05, 3.63) is 33.9 Å². The Balaban J connectivity index is 2.01. The van der Waals surface area contributed by atoms with Gasteiger partial charge in [-0.05, 0) is 43.7 Å². The van der Waals surface area contributed by atoms with E-state index in [2.05, 4.69) is 12.2 Å². The number of carbonyl (C=O) groups is 2. The topological polar surface area (TPSA) is 113 Å². The Bertz CT molecular complexity index is 669. The summed E-state index contributed by atoms with van der Waals surface area (Å²) in [5.74, 6) is -0.631. The number of nitrogens with one attached hydrogen (secondary N) is 1. The third-order valence-electron chi connectivity index (χ3n) is 4.66. The van der Waals surface area contributed by atoms with Crippen molar-refractivity contribution in [2.45, 2.75) is 39.0 Å². The van der Waals surface area contributed by atoms with Crippen molar-refractivity contribution >= 4 is 23.3 Å². The number of benzene rings is 1. The van der Waals surface area contributed by atoms with Crippen LogP contribution in [0.4, 0.5) is 11.4 Å². The monoisotopic (exact) mass is 363 g/mol. The number of anilines is 1. The van der Waals surface area contributed by atoms with Gasteiger partial charge in [0.2, 0.25) is 0 Å². The second-order valence-electron chi connectivity index (χ2n) is 6.74. The van der Waals surface area contributed by atoms with E-state index in [4.69, 9.17) is 5.11 Å². The van der Waals surface area contributed by atoms with Gasteiger partial charge in [-0.2, -0.15) is 0 Å². The normalized spacial score (nSPS) is 14.9. The van der Waals surface area contributed by atoms with E-state index in [0.29, 0.717) is 31.0 Å². The summed E-state index contributed by atoms with van der Waals surface area (Å²) < 4.78 is 0. The number of unbranched alkanes of at least 4 members (excludes halogenated alkanes) is 1.